The zero-order valence-electron chi connectivity index (χ0n) is 20.4. The molecule has 0 saturated carbocycles. The smallest absolute Gasteiger partial charge is 0.338 e. The summed E-state index contributed by atoms with van der Waals surface area (Å²) < 4.78 is 13.0. The van der Waals surface area contributed by atoms with E-state index in [1.165, 1.54) is 18.4 Å². The van der Waals surface area contributed by atoms with E-state index in [2.05, 4.69) is 34.8 Å². The highest BCUT2D eigenvalue weighted by molar-refractivity contribution is 9.10. The molecule has 2 heterocycles. The van der Waals surface area contributed by atoms with Crippen LogP contribution in [0.25, 0.3) is 6.08 Å². The molecule has 1 aromatic heterocycles. The first-order chi connectivity index (χ1) is 17.2. The van der Waals surface area contributed by atoms with E-state index in [0.29, 0.717) is 31.0 Å². The number of nitrogens with zero attached hydrogens (tertiary/aromatic N) is 2. The van der Waals surface area contributed by atoms with E-state index in [4.69, 9.17) is 9.47 Å². The second kappa shape index (κ2) is 10.9. The van der Waals surface area contributed by atoms with Crippen LogP contribution < -0.4 is 14.9 Å². The van der Waals surface area contributed by atoms with Crippen LogP contribution in [0.1, 0.15) is 49.4 Å². The molecule has 0 amide bonds. The van der Waals surface area contributed by atoms with Crippen molar-refractivity contribution >= 4 is 39.3 Å². The summed E-state index contributed by atoms with van der Waals surface area (Å²) in [5, 5.41) is 9.80. The molecule has 1 atom stereocenters. The number of phenolic OH excluding ortho intramolecular Hbond substituents is 1. The fourth-order valence-electron chi connectivity index (χ4n) is 4.02. The Bertz CT molecular complexity index is 1500. The van der Waals surface area contributed by atoms with E-state index in [1.54, 1.807) is 35.8 Å². The van der Waals surface area contributed by atoms with Crippen molar-refractivity contribution in [2.24, 2.45) is 4.99 Å². The molecular formula is C27H27BrN2O5S. The third-order valence-corrected chi connectivity index (χ3v) is 7.57. The van der Waals surface area contributed by atoms with E-state index in [-0.39, 0.29) is 24.5 Å². The van der Waals surface area contributed by atoms with E-state index >= 15 is 0 Å². The Kier molecular flexibility index (Phi) is 7.92. The third-order valence-electron chi connectivity index (χ3n) is 5.95. The first kappa shape index (κ1) is 26.1. The Balaban J connectivity index is 1.88. The number of ether oxygens (including phenoxy) is 2. The molecule has 1 aliphatic rings. The molecule has 1 unspecified atom stereocenters. The van der Waals surface area contributed by atoms with Crippen molar-refractivity contribution < 1.29 is 19.4 Å². The quantitative estimate of drug-likeness (QED) is 0.342. The SMILES string of the molecule is COCCOC(=O)C1=C(C)N=c2sc(=Cc3ccc(O)c(Br)c3)c(=O)n2C1c1ccc(C(C)C)cc1. The van der Waals surface area contributed by atoms with Gasteiger partial charge in [0.1, 0.15) is 12.4 Å². The molecule has 0 radical (unpaired) electrons. The van der Waals surface area contributed by atoms with Crippen LogP contribution in [0.5, 0.6) is 5.75 Å². The topological polar surface area (TPSA) is 90.1 Å². The van der Waals surface area contributed by atoms with Crippen molar-refractivity contribution in [1.29, 1.82) is 0 Å². The van der Waals surface area contributed by atoms with Crippen molar-refractivity contribution in [3.8, 4) is 5.75 Å². The lowest BCUT2D eigenvalue weighted by molar-refractivity contribution is -0.140. The minimum absolute atomic E-state index is 0.102. The Hall–Kier alpha value is -3.01. The standard InChI is InChI=1S/C27H27BrN2O5S/c1-15(2)18-6-8-19(9-7-18)24-23(26(33)35-12-11-34-4)16(3)29-27-30(24)25(32)22(36-27)14-17-5-10-21(31)20(28)13-17/h5-10,13-15,24,31H,11-12H2,1-4H3. The molecule has 9 heteroatoms. The van der Waals surface area contributed by atoms with E-state index in [9.17, 15) is 14.7 Å². The molecule has 0 aliphatic carbocycles. The normalized spacial score (nSPS) is 15.7. The first-order valence-corrected chi connectivity index (χ1v) is 13.1. The van der Waals surface area contributed by atoms with E-state index in [0.717, 1.165) is 16.7 Å². The number of hydrogen-bond donors (Lipinski definition) is 1. The summed E-state index contributed by atoms with van der Waals surface area (Å²) in [4.78, 5) is 32.0. The summed E-state index contributed by atoms with van der Waals surface area (Å²) in [6.07, 6.45) is 1.75. The second-order valence-electron chi connectivity index (χ2n) is 8.74. The maximum Gasteiger partial charge on any atom is 0.338 e. The molecule has 36 heavy (non-hydrogen) atoms. The highest BCUT2D eigenvalue weighted by Gasteiger charge is 2.33. The molecule has 188 valence electrons. The minimum atomic E-state index is -0.675. The number of thiazole rings is 1. The molecule has 1 N–H and O–H groups in total. The van der Waals surface area contributed by atoms with Crippen LogP contribution in [0.2, 0.25) is 0 Å². The number of methoxy groups -OCH3 is 1. The maximum absolute atomic E-state index is 13.7. The molecule has 4 rings (SSSR count). The second-order valence-corrected chi connectivity index (χ2v) is 10.6. The largest absolute Gasteiger partial charge is 0.507 e. The van der Waals surface area contributed by atoms with Crippen molar-refractivity contribution in [1.82, 2.24) is 4.57 Å². The predicted molar refractivity (Wildman–Crippen MR) is 143 cm³/mol. The van der Waals surface area contributed by atoms with Crippen LogP contribution in [0.15, 0.2) is 68.0 Å². The van der Waals surface area contributed by atoms with Gasteiger partial charge in [-0.2, -0.15) is 0 Å². The highest BCUT2D eigenvalue weighted by atomic mass is 79.9. The van der Waals surface area contributed by atoms with Gasteiger partial charge in [0.25, 0.3) is 5.56 Å². The van der Waals surface area contributed by atoms with Crippen LogP contribution in [0, 0.1) is 0 Å². The van der Waals surface area contributed by atoms with Gasteiger partial charge < -0.3 is 14.6 Å². The molecular weight excluding hydrogens is 544 g/mol. The number of hydrogen-bond acceptors (Lipinski definition) is 7. The number of halogens is 1. The molecule has 0 bridgehead atoms. The zero-order valence-corrected chi connectivity index (χ0v) is 22.9. The molecule has 3 aromatic rings. The average molecular weight is 571 g/mol. The van der Waals surface area contributed by atoms with Gasteiger partial charge >= 0.3 is 5.97 Å². The van der Waals surface area contributed by atoms with Gasteiger partial charge in [0, 0.05) is 7.11 Å². The van der Waals surface area contributed by atoms with Gasteiger partial charge in [0.15, 0.2) is 4.80 Å². The Morgan fingerprint density at radius 2 is 1.94 bits per heavy atom. The molecule has 0 saturated heterocycles. The molecule has 7 nitrogen and oxygen atoms in total. The number of carbonyl (C=O) groups excluding carboxylic acids is 1. The molecule has 2 aromatic carbocycles. The Morgan fingerprint density at radius 3 is 2.58 bits per heavy atom. The van der Waals surface area contributed by atoms with Crippen molar-refractivity contribution in [3.63, 3.8) is 0 Å². The van der Waals surface area contributed by atoms with Gasteiger partial charge in [0.05, 0.1) is 32.9 Å². The number of benzene rings is 2. The summed E-state index contributed by atoms with van der Waals surface area (Å²) in [6, 6.07) is 12.3. The Labute approximate surface area is 221 Å². The van der Waals surface area contributed by atoms with Gasteiger partial charge in [0.2, 0.25) is 0 Å². The summed E-state index contributed by atoms with van der Waals surface area (Å²) >= 11 is 4.57. The lowest BCUT2D eigenvalue weighted by atomic mass is 9.93. The average Bonchev–Trinajstić information content (AvgIpc) is 3.15. The van der Waals surface area contributed by atoms with Crippen molar-refractivity contribution in [2.75, 3.05) is 20.3 Å². The minimum Gasteiger partial charge on any atom is -0.507 e. The summed E-state index contributed by atoms with van der Waals surface area (Å²) in [5.41, 5.74) is 3.29. The van der Waals surface area contributed by atoms with E-state index < -0.39 is 12.0 Å². The van der Waals surface area contributed by atoms with Crippen molar-refractivity contribution in [2.45, 2.75) is 32.7 Å². The van der Waals surface area contributed by atoms with Crippen LogP contribution in [0.4, 0.5) is 0 Å². The molecule has 0 spiro atoms. The number of fused-ring (bicyclic) bond motifs is 1. The van der Waals surface area contributed by atoms with Gasteiger partial charge in [-0.1, -0.05) is 55.5 Å². The van der Waals surface area contributed by atoms with Crippen LogP contribution in [0.3, 0.4) is 0 Å². The first-order valence-electron chi connectivity index (χ1n) is 11.5. The lowest BCUT2D eigenvalue weighted by Crippen LogP contribution is -2.40. The van der Waals surface area contributed by atoms with Gasteiger partial charge in [-0.05, 0) is 63.7 Å². The van der Waals surface area contributed by atoms with Crippen LogP contribution in [-0.2, 0) is 14.3 Å². The van der Waals surface area contributed by atoms with Crippen molar-refractivity contribution in [3.05, 3.63) is 94.6 Å². The number of rotatable bonds is 7. The number of aromatic nitrogens is 1. The maximum atomic E-state index is 13.7. The number of aromatic hydroxyl groups is 1. The summed E-state index contributed by atoms with van der Waals surface area (Å²) in [7, 11) is 1.54. The number of esters is 1. The van der Waals surface area contributed by atoms with Crippen LogP contribution in [-0.4, -0.2) is 36.0 Å². The predicted octanol–water partition coefficient (Wildman–Crippen LogP) is 4.02. The number of phenols is 1. The number of allylic oxidation sites excluding steroid dienone is 1. The zero-order chi connectivity index (χ0) is 26.0. The molecule has 1 aliphatic heterocycles. The number of carbonyl (C=O) groups is 1. The fraction of sp³-hybridized carbons (Fsp3) is 0.296. The van der Waals surface area contributed by atoms with Gasteiger partial charge in [-0.25, -0.2) is 9.79 Å². The molecule has 0 fully saturated rings. The lowest BCUT2D eigenvalue weighted by Gasteiger charge is -2.25. The van der Waals surface area contributed by atoms with Crippen LogP contribution >= 0.6 is 27.3 Å². The summed E-state index contributed by atoms with van der Waals surface area (Å²) in [6.45, 7) is 6.36. The summed E-state index contributed by atoms with van der Waals surface area (Å²) in [5.74, 6) is -0.0601. The highest BCUT2D eigenvalue weighted by Crippen LogP contribution is 2.31. The van der Waals surface area contributed by atoms with Gasteiger partial charge in [-0.3, -0.25) is 9.36 Å². The van der Waals surface area contributed by atoms with Gasteiger partial charge in [-0.15, -0.1) is 0 Å². The van der Waals surface area contributed by atoms with E-state index in [1.807, 2.05) is 24.3 Å². The third kappa shape index (κ3) is 5.23. The Morgan fingerprint density at radius 1 is 1.22 bits per heavy atom. The fourth-order valence-corrected chi connectivity index (χ4v) is 5.46. The monoisotopic (exact) mass is 570 g/mol.